The van der Waals surface area contributed by atoms with Crippen molar-refractivity contribution in [1.82, 2.24) is 14.8 Å². The van der Waals surface area contributed by atoms with E-state index < -0.39 is 0 Å². The third kappa shape index (κ3) is 2.56. The first-order valence-electron chi connectivity index (χ1n) is 5.76. The monoisotopic (exact) mass is 245 g/mol. The number of ether oxygens (including phenoxy) is 1. The fraction of sp³-hybridized carbons (Fsp3) is 0.308. The molecule has 18 heavy (non-hydrogen) atoms. The minimum Gasteiger partial charge on any atom is -0.462 e. The summed E-state index contributed by atoms with van der Waals surface area (Å²) in [5.74, 6) is -0.333. The van der Waals surface area contributed by atoms with Crippen LogP contribution < -0.4 is 0 Å². The predicted molar refractivity (Wildman–Crippen MR) is 67.1 cm³/mol. The molecule has 0 saturated heterocycles. The van der Waals surface area contributed by atoms with Gasteiger partial charge in [0.05, 0.1) is 17.9 Å². The molecule has 2 rings (SSSR count). The molecule has 0 radical (unpaired) electrons. The van der Waals surface area contributed by atoms with E-state index >= 15 is 0 Å². The number of rotatable bonds is 3. The zero-order valence-electron chi connectivity index (χ0n) is 10.7. The molecule has 5 nitrogen and oxygen atoms in total. The van der Waals surface area contributed by atoms with Gasteiger partial charge in [-0.1, -0.05) is 0 Å². The lowest BCUT2D eigenvalue weighted by Gasteiger charge is -2.05. The number of carbonyl (C=O) groups is 1. The van der Waals surface area contributed by atoms with Crippen LogP contribution in [0.25, 0.3) is 11.4 Å². The molecule has 5 heteroatoms. The topological polar surface area (TPSA) is 57.0 Å². The van der Waals surface area contributed by atoms with Gasteiger partial charge in [0.15, 0.2) is 0 Å². The van der Waals surface area contributed by atoms with Crippen LogP contribution in [0.1, 0.15) is 23.0 Å². The third-order valence-corrected chi connectivity index (χ3v) is 2.44. The summed E-state index contributed by atoms with van der Waals surface area (Å²) >= 11 is 0. The Morgan fingerprint density at radius 3 is 2.78 bits per heavy atom. The normalized spacial score (nSPS) is 10.4. The van der Waals surface area contributed by atoms with E-state index in [9.17, 15) is 4.79 Å². The van der Waals surface area contributed by atoms with Gasteiger partial charge in [-0.25, -0.2) is 4.79 Å². The van der Waals surface area contributed by atoms with Gasteiger partial charge in [-0.3, -0.25) is 9.67 Å². The Bertz CT molecular complexity index is 575. The second kappa shape index (κ2) is 5.00. The molecule has 0 atom stereocenters. The number of pyridine rings is 1. The van der Waals surface area contributed by atoms with Gasteiger partial charge in [0.1, 0.15) is 5.69 Å². The Morgan fingerprint density at radius 2 is 2.17 bits per heavy atom. The predicted octanol–water partition coefficient (Wildman–Crippen LogP) is 1.97. The first-order chi connectivity index (χ1) is 8.60. The highest BCUT2D eigenvalue weighted by molar-refractivity contribution is 5.90. The minimum atomic E-state index is -0.333. The Labute approximate surface area is 105 Å². The lowest BCUT2D eigenvalue weighted by molar-refractivity contribution is 0.0526. The molecule has 0 N–H and O–H groups in total. The van der Waals surface area contributed by atoms with Gasteiger partial charge in [-0.2, -0.15) is 5.10 Å². The molecule has 0 fully saturated rings. The van der Waals surface area contributed by atoms with E-state index in [2.05, 4.69) is 10.1 Å². The van der Waals surface area contributed by atoms with Gasteiger partial charge < -0.3 is 4.74 Å². The summed E-state index contributed by atoms with van der Waals surface area (Å²) in [7, 11) is 1.84. The minimum absolute atomic E-state index is 0.333. The first-order valence-corrected chi connectivity index (χ1v) is 5.76. The molecule has 0 bridgehead atoms. The number of hydrogen-bond donors (Lipinski definition) is 0. The smallest absolute Gasteiger partial charge is 0.338 e. The zero-order chi connectivity index (χ0) is 13.1. The zero-order valence-corrected chi connectivity index (χ0v) is 10.7. The maximum Gasteiger partial charge on any atom is 0.338 e. The molecule has 2 aromatic heterocycles. The SMILES string of the molecule is CCOC(=O)c1cc(C)nc(-c2ccn(C)n2)c1. The Kier molecular flexibility index (Phi) is 3.41. The van der Waals surface area contributed by atoms with E-state index in [1.807, 2.05) is 26.2 Å². The van der Waals surface area contributed by atoms with Crippen LogP contribution >= 0.6 is 0 Å². The van der Waals surface area contributed by atoms with E-state index in [4.69, 9.17) is 4.74 Å². The Balaban J connectivity index is 2.41. The van der Waals surface area contributed by atoms with Crippen molar-refractivity contribution in [3.8, 4) is 11.4 Å². The number of nitrogens with zero attached hydrogens (tertiary/aromatic N) is 3. The van der Waals surface area contributed by atoms with Gasteiger partial charge in [0, 0.05) is 18.9 Å². The van der Waals surface area contributed by atoms with Crippen LogP contribution in [0, 0.1) is 6.92 Å². The lowest BCUT2D eigenvalue weighted by Crippen LogP contribution is -2.06. The van der Waals surface area contributed by atoms with Crippen LogP contribution in [-0.4, -0.2) is 27.3 Å². The molecule has 0 amide bonds. The molecule has 94 valence electrons. The number of esters is 1. The van der Waals surface area contributed by atoms with Crippen LogP contribution in [0.5, 0.6) is 0 Å². The highest BCUT2D eigenvalue weighted by Crippen LogP contribution is 2.17. The average Bonchev–Trinajstić information content (AvgIpc) is 2.75. The molecule has 0 aromatic carbocycles. The van der Waals surface area contributed by atoms with E-state index in [0.29, 0.717) is 17.9 Å². The molecule has 2 aromatic rings. The van der Waals surface area contributed by atoms with E-state index in [0.717, 1.165) is 11.4 Å². The van der Waals surface area contributed by atoms with Crippen LogP contribution in [0.15, 0.2) is 24.4 Å². The van der Waals surface area contributed by atoms with Crippen molar-refractivity contribution in [2.24, 2.45) is 7.05 Å². The van der Waals surface area contributed by atoms with Gasteiger partial charge in [-0.05, 0) is 32.0 Å². The van der Waals surface area contributed by atoms with Gasteiger partial charge in [-0.15, -0.1) is 0 Å². The summed E-state index contributed by atoms with van der Waals surface area (Å²) in [5.41, 5.74) is 2.69. The van der Waals surface area contributed by atoms with E-state index in [-0.39, 0.29) is 5.97 Å². The van der Waals surface area contributed by atoms with Crippen LogP contribution in [0.4, 0.5) is 0 Å². The number of aryl methyl sites for hydroxylation is 2. The second-order valence-corrected chi connectivity index (χ2v) is 3.98. The molecule has 0 aliphatic carbocycles. The quantitative estimate of drug-likeness (QED) is 0.776. The van der Waals surface area contributed by atoms with Crippen molar-refractivity contribution in [2.75, 3.05) is 6.61 Å². The fourth-order valence-electron chi connectivity index (χ4n) is 1.68. The maximum atomic E-state index is 11.7. The van der Waals surface area contributed by atoms with Crippen LogP contribution in [0.2, 0.25) is 0 Å². The van der Waals surface area contributed by atoms with Crippen molar-refractivity contribution in [3.05, 3.63) is 35.7 Å². The van der Waals surface area contributed by atoms with Gasteiger partial charge in [0.2, 0.25) is 0 Å². The summed E-state index contributed by atoms with van der Waals surface area (Å²) < 4.78 is 6.68. The molecule has 0 spiro atoms. The molecule has 0 aliphatic rings. The summed E-state index contributed by atoms with van der Waals surface area (Å²) in [6, 6.07) is 5.27. The molecule has 0 aliphatic heterocycles. The lowest BCUT2D eigenvalue weighted by atomic mass is 10.1. The number of aromatic nitrogens is 3. The van der Waals surface area contributed by atoms with Gasteiger partial charge in [0.25, 0.3) is 0 Å². The average molecular weight is 245 g/mol. The van der Waals surface area contributed by atoms with Crippen molar-refractivity contribution in [3.63, 3.8) is 0 Å². The number of carbonyl (C=O) groups excluding carboxylic acids is 1. The maximum absolute atomic E-state index is 11.7. The summed E-state index contributed by atoms with van der Waals surface area (Å²) in [6.07, 6.45) is 1.84. The van der Waals surface area contributed by atoms with Crippen molar-refractivity contribution in [1.29, 1.82) is 0 Å². The standard InChI is InChI=1S/C13H15N3O2/c1-4-18-13(17)10-7-9(2)14-12(8-10)11-5-6-16(3)15-11/h5-8H,4H2,1-3H3. The van der Waals surface area contributed by atoms with Crippen LogP contribution in [-0.2, 0) is 11.8 Å². The summed E-state index contributed by atoms with van der Waals surface area (Å²) in [6.45, 7) is 3.99. The second-order valence-electron chi connectivity index (χ2n) is 3.98. The van der Waals surface area contributed by atoms with Gasteiger partial charge >= 0.3 is 5.97 Å². The molecular weight excluding hydrogens is 230 g/mol. The van der Waals surface area contributed by atoms with Crippen molar-refractivity contribution >= 4 is 5.97 Å². The largest absolute Gasteiger partial charge is 0.462 e. The van der Waals surface area contributed by atoms with E-state index in [1.54, 1.807) is 23.7 Å². The highest BCUT2D eigenvalue weighted by Gasteiger charge is 2.11. The summed E-state index contributed by atoms with van der Waals surface area (Å²) in [5, 5.41) is 4.27. The van der Waals surface area contributed by atoms with E-state index in [1.165, 1.54) is 0 Å². The van der Waals surface area contributed by atoms with Crippen LogP contribution in [0.3, 0.4) is 0 Å². The highest BCUT2D eigenvalue weighted by atomic mass is 16.5. The van der Waals surface area contributed by atoms with Crippen molar-refractivity contribution in [2.45, 2.75) is 13.8 Å². The molecule has 0 unspecified atom stereocenters. The Morgan fingerprint density at radius 1 is 1.39 bits per heavy atom. The first kappa shape index (κ1) is 12.3. The Hall–Kier alpha value is -2.17. The van der Waals surface area contributed by atoms with Crippen molar-refractivity contribution < 1.29 is 9.53 Å². The molecule has 2 heterocycles. The fourth-order valence-corrected chi connectivity index (χ4v) is 1.68. The summed E-state index contributed by atoms with van der Waals surface area (Å²) in [4.78, 5) is 16.1. The molecular formula is C13H15N3O2. The number of hydrogen-bond acceptors (Lipinski definition) is 4. The molecule has 0 saturated carbocycles. The third-order valence-electron chi connectivity index (χ3n) is 2.44.